The Bertz CT molecular complexity index is 1340. The van der Waals surface area contributed by atoms with Gasteiger partial charge in [0, 0.05) is 30.4 Å². The molecule has 0 unspecified atom stereocenters. The van der Waals surface area contributed by atoms with Crippen molar-refractivity contribution in [2.24, 2.45) is 5.10 Å². The van der Waals surface area contributed by atoms with E-state index in [1.54, 1.807) is 6.07 Å². The Morgan fingerprint density at radius 3 is 2.50 bits per heavy atom. The van der Waals surface area contributed by atoms with Gasteiger partial charge in [-0.1, -0.05) is 30.3 Å². The standard InChI is InChI=1S/C24H23N7O3/c32-20-8-6-18(21(33)14-20)15-25-30-23-27-22(28-24(29-23)31-9-11-34-12-10-31)26-19-7-5-16-3-1-2-4-17(16)13-19/h1-8,13-15,32-33H,9-12H2,(H2,26,27,28,29,30)/b25-15+. The van der Waals surface area contributed by atoms with Gasteiger partial charge in [-0.2, -0.15) is 20.1 Å². The van der Waals surface area contributed by atoms with Gasteiger partial charge < -0.3 is 25.2 Å². The van der Waals surface area contributed by atoms with E-state index in [9.17, 15) is 10.2 Å². The van der Waals surface area contributed by atoms with Gasteiger partial charge in [0.15, 0.2) is 0 Å². The van der Waals surface area contributed by atoms with E-state index in [1.807, 2.05) is 41.3 Å². The van der Waals surface area contributed by atoms with Crippen LogP contribution in [0.1, 0.15) is 5.56 Å². The van der Waals surface area contributed by atoms with Crippen molar-refractivity contribution in [1.29, 1.82) is 0 Å². The zero-order valence-corrected chi connectivity index (χ0v) is 18.2. The number of phenolic OH excluding ortho intramolecular Hbond substituents is 2. The summed E-state index contributed by atoms with van der Waals surface area (Å²) >= 11 is 0. The van der Waals surface area contributed by atoms with Crippen LogP contribution in [0.25, 0.3) is 10.8 Å². The van der Waals surface area contributed by atoms with Gasteiger partial charge in [-0.05, 0) is 35.0 Å². The predicted octanol–water partition coefficient (Wildman–Crippen LogP) is 3.46. The fourth-order valence-corrected chi connectivity index (χ4v) is 3.57. The number of morpholine rings is 1. The summed E-state index contributed by atoms with van der Waals surface area (Å²) in [5.41, 5.74) is 4.09. The third kappa shape index (κ3) is 4.97. The Morgan fingerprint density at radius 2 is 1.68 bits per heavy atom. The van der Waals surface area contributed by atoms with Crippen molar-refractivity contribution < 1.29 is 14.9 Å². The van der Waals surface area contributed by atoms with Gasteiger partial charge in [-0.25, -0.2) is 5.43 Å². The molecule has 5 rings (SSSR count). The van der Waals surface area contributed by atoms with Crippen LogP contribution in [-0.2, 0) is 4.74 Å². The van der Waals surface area contributed by atoms with Gasteiger partial charge in [0.25, 0.3) is 0 Å². The average molecular weight is 457 g/mol. The van der Waals surface area contributed by atoms with Crippen LogP contribution in [-0.4, -0.2) is 57.7 Å². The number of ether oxygens (including phenoxy) is 1. The molecule has 1 aliphatic heterocycles. The molecule has 2 heterocycles. The SMILES string of the molecule is Oc1ccc(/C=N/Nc2nc(Nc3ccc4ccccc4c3)nc(N3CCOCC3)n2)c(O)c1. The first-order chi connectivity index (χ1) is 16.6. The Balaban J connectivity index is 1.41. The Kier molecular flexibility index (Phi) is 6.04. The van der Waals surface area contributed by atoms with Crippen molar-refractivity contribution in [3.63, 3.8) is 0 Å². The van der Waals surface area contributed by atoms with Gasteiger partial charge >= 0.3 is 0 Å². The lowest BCUT2D eigenvalue weighted by Crippen LogP contribution is -2.37. The molecule has 4 N–H and O–H groups in total. The lowest BCUT2D eigenvalue weighted by atomic mass is 10.1. The second-order valence-electron chi connectivity index (χ2n) is 7.68. The molecule has 1 saturated heterocycles. The number of rotatable bonds is 6. The Labute approximate surface area is 195 Å². The first kappa shape index (κ1) is 21.4. The number of hydrogen-bond donors (Lipinski definition) is 4. The summed E-state index contributed by atoms with van der Waals surface area (Å²) in [6.45, 7) is 2.54. The molecule has 3 aromatic carbocycles. The van der Waals surface area contributed by atoms with Crippen LogP contribution in [0, 0.1) is 0 Å². The van der Waals surface area contributed by atoms with Crippen molar-refractivity contribution in [2.75, 3.05) is 41.9 Å². The molecule has 0 atom stereocenters. The van der Waals surface area contributed by atoms with Crippen molar-refractivity contribution >= 4 is 40.5 Å². The number of fused-ring (bicyclic) bond motifs is 1. The van der Waals surface area contributed by atoms with E-state index in [2.05, 4.69) is 36.9 Å². The Morgan fingerprint density at radius 1 is 0.882 bits per heavy atom. The number of aromatic hydroxyl groups is 2. The average Bonchev–Trinajstić information content (AvgIpc) is 2.86. The maximum Gasteiger partial charge on any atom is 0.250 e. The second-order valence-corrected chi connectivity index (χ2v) is 7.68. The lowest BCUT2D eigenvalue weighted by molar-refractivity contribution is 0.122. The first-order valence-corrected chi connectivity index (χ1v) is 10.8. The third-order valence-electron chi connectivity index (χ3n) is 5.31. The quantitative estimate of drug-likeness (QED) is 0.254. The molecule has 172 valence electrons. The monoisotopic (exact) mass is 457 g/mol. The highest BCUT2D eigenvalue weighted by atomic mass is 16.5. The molecule has 0 bridgehead atoms. The molecule has 0 aliphatic carbocycles. The van der Waals surface area contributed by atoms with Crippen LogP contribution in [0.4, 0.5) is 23.5 Å². The van der Waals surface area contributed by atoms with Gasteiger partial charge in [0.1, 0.15) is 11.5 Å². The maximum atomic E-state index is 9.94. The smallest absolute Gasteiger partial charge is 0.250 e. The van der Waals surface area contributed by atoms with E-state index >= 15 is 0 Å². The fourth-order valence-electron chi connectivity index (χ4n) is 3.57. The molecule has 1 aromatic heterocycles. The summed E-state index contributed by atoms with van der Waals surface area (Å²) in [6, 6.07) is 18.4. The summed E-state index contributed by atoms with van der Waals surface area (Å²) < 4.78 is 5.44. The van der Waals surface area contributed by atoms with Crippen LogP contribution in [0.5, 0.6) is 11.5 Å². The molecule has 0 spiro atoms. The number of phenols is 2. The predicted molar refractivity (Wildman–Crippen MR) is 131 cm³/mol. The van der Waals surface area contributed by atoms with Gasteiger partial charge in [-0.3, -0.25) is 0 Å². The highest BCUT2D eigenvalue weighted by Gasteiger charge is 2.17. The minimum absolute atomic E-state index is 0.0281. The number of nitrogens with one attached hydrogen (secondary N) is 2. The molecule has 10 nitrogen and oxygen atoms in total. The summed E-state index contributed by atoms with van der Waals surface area (Å²) in [4.78, 5) is 15.6. The van der Waals surface area contributed by atoms with Crippen LogP contribution >= 0.6 is 0 Å². The zero-order chi connectivity index (χ0) is 23.3. The van der Waals surface area contributed by atoms with Crippen LogP contribution in [0.15, 0.2) is 65.8 Å². The highest BCUT2D eigenvalue weighted by Crippen LogP contribution is 2.23. The minimum Gasteiger partial charge on any atom is -0.508 e. The molecule has 1 aliphatic rings. The minimum atomic E-state index is -0.0890. The molecule has 4 aromatic rings. The lowest BCUT2D eigenvalue weighted by Gasteiger charge is -2.27. The van der Waals surface area contributed by atoms with E-state index in [0.29, 0.717) is 43.8 Å². The number of hydrogen-bond acceptors (Lipinski definition) is 10. The zero-order valence-electron chi connectivity index (χ0n) is 18.2. The van der Waals surface area contributed by atoms with Gasteiger partial charge in [0.2, 0.25) is 17.8 Å². The number of hydrazone groups is 1. The summed E-state index contributed by atoms with van der Waals surface area (Å²) in [6.07, 6.45) is 1.42. The first-order valence-electron chi connectivity index (χ1n) is 10.8. The van der Waals surface area contributed by atoms with E-state index in [-0.39, 0.29) is 17.4 Å². The molecule has 1 fully saturated rings. The molecular weight excluding hydrogens is 434 g/mol. The van der Waals surface area contributed by atoms with E-state index in [4.69, 9.17) is 4.74 Å². The Hall–Kier alpha value is -4.44. The van der Waals surface area contributed by atoms with E-state index < -0.39 is 0 Å². The third-order valence-corrected chi connectivity index (χ3v) is 5.31. The molecule has 10 heteroatoms. The summed E-state index contributed by atoms with van der Waals surface area (Å²) in [5.74, 6) is 1.01. The number of nitrogens with zero attached hydrogens (tertiary/aromatic N) is 5. The molecule has 0 amide bonds. The summed E-state index contributed by atoms with van der Waals surface area (Å²) in [5, 5.41) is 29.0. The number of anilines is 4. The normalized spacial score (nSPS) is 13.9. The second kappa shape index (κ2) is 9.59. The highest BCUT2D eigenvalue weighted by molar-refractivity contribution is 5.86. The van der Waals surface area contributed by atoms with E-state index in [0.717, 1.165) is 16.5 Å². The van der Waals surface area contributed by atoms with Crippen molar-refractivity contribution in [2.45, 2.75) is 0 Å². The van der Waals surface area contributed by atoms with Crippen LogP contribution < -0.4 is 15.6 Å². The van der Waals surface area contributed by atoms with Gasteiger partial charge in [0.05, 0.1) is 19.4 Å². The van der Waals surface area contributed by atoms with Crippen molar-refractivity contribution in [3.05, 3.63) is 66.2 Å². The fraction of sp³-hybridized carbons (Fsp3) is 0.167. The number of aromatic nitrogens is 3. The van der Waals surface area contributed by atoms with Crippen molar-refractivity contribution in [1.82, 2.24) is 15.0 Å². The van der Waals surface area contributed by atoms with E-state index in [1.165, 1.54) is 18.3 Å². The molecular formula is C24H23N7O3. The largest absolute Gasteiger partial charge is 0.508 e. The topological polar surface area (TPSA) is 128 Å². The van der Waals surface area contributed by atoms with Crippen LogP contribution in [0.2, 0.25) is 0 Å². The van der Waals surface area contributed by atoms with Gasteiger partial charge in [-0.15, -0.1) is 0 Å². The van der Waals surface area contributed by atoms with Crippen molar-refractivity contribution in [3.8, 4) is 11.5 Å². The summed E-state index contributed by atoms with van der Waals surface area (Å²) in [7, 11) is 0. The van der Waals surface area contributed by atoms with Crippen LogP contribution in [0.3, 0.4) is 0 Å². The number of benzene rings is 3. The molecule has 0 radical (unpaired) electrons. The maximum absolute atomic E-state index is 9.94. The molecule has 34 heavy (non-hydrogen) atoms. The molecule has 0 saturated carbocycles.